The van der Waals surface area contributed by atoms with E-state index in [4.69, 9.17) is 11.6 Å². The first-order valence-corrected chi connectivity index (χ1v) is 11.3. The quantitative estimate of drug-likeness (QED) is 0.747. The van der Waals surface area contributed by atoms with E-state index in [-0.39, 0.29) is 21.7 Å². The molecule has 142 valence electrons. The van der Waals surface area contributed by atoms with Crippen LogP contribution in [0.5, 0.6) is 0 Å². The number of rotatable bonds is 2. The monoisotopic (exact) mass is 403 g/mol. The van der Waals surface area contributed by atoms with E-state index in [2.05, 4.69) is 35.4 Å². The van der Waals surface area contributed by atoms with E-state index in [1.54, 1.807) is 11.3 Å². The zero-order valence-corrected chi connectivity index (χ0v) is 18.5. The van der Waals surface area contributed by atoms with Crippen LogP contribution in [0, 0.1) is 5.41 Å². The average Bonchev–Trinajstić information content (AvgIpc) is 2.93. The van der Waals surface area contributed by atoms with Crippen LogP contribution in [-0.4, -0.2) is 37.8 Å². The molecule has 0 aromatic carbocycles. The lowest BCUT2D eigenvalue weighted by molar-refractivity contribution is 0.0316. The number of hydrogen-bond acceptors (Lipinski definition) is 5. The molecule has 2 heterocycles. The van der Waals surface area contributed by atoms with E-state index in [0.29, 0.717) is 4.47 Å². The Kier molecular flexibility index (Phi) is 5.29. The first kappa shape index (κ1) is 19.9. The molecule has 2 atom stereocenters. The Hall–Kier alpha value is 0.150. The highest BCUT2D eigenvalue weighted by molar-refractivity contribution is 7.90. The Labute approximate surface area is 164 Å². The summed E-state index contributed by atoms with van der Waals surface area (Å²) in [4.78, 5) is 8.32. The molecule has 1 aliphatic carbocycles. The maximum absolute atomic E-state index is 12.8. The summed E-state index contributed by atoms with van der Waals surface area (Å²) in [7, 11) is 0. The second-order valence-corrected chi connectivity index (χ2v) is 13.0. The third kappa shape index (κ3) is 3.90. The van der Waals surface area contributed by atoms with Gasteiger partial charge >= 0.3 is 0 Å². The third-order valence-corrected chi connectivity index (χ3v) is 8.41. The Balaban J connectivity index is 1.85. The van der Waals surface area contributed by atoms with Gasteiger partial charge in [-0.25, -0.2) is 4.98 Å². The number of thiazole rings is 1. The zero-order valence-electron chi connectivity index (χ0n) is 16.1. The summed E-state index contributed by atoms with van der Waals surface area (Å²) in [6.07, 6.45) is 3.15. The normalized spacial score (nSPS) is 25.4. The van der Waals surface area contributed by atoms with Crippen LogP contribution >= 0.6 is 22.9 Å². The van der Waals surface area contributed by atoms with Gasteiger partial charge in [-0.3, -0.25) is 4.90 Å². The molecule has 25 heavy (non-hydrogen) atoms. The van der Waals surface area contributed by atoms with Crippen LogP contribution in [0.15, 0.2) is 0 Å². The van der Waals surface area contributed by atoms with Crippen molar-refractivity contribution in [2.75, 3.05) is 13.1 Å². The topological polar surface area (TPSA) is 51.2 Å². The highest BCUT2D eigenvalue weighted by atomic mass is 35.5. The summed E-state index contributed by atoms with van der Waals surface area (Å²) < 4.78 is 16.6. The fourth-order valence-corrected chi connectivity index (χ4v) is 6.31. The van der Waals surface area contributed by atoms with E-state index in [1.165, 1.54) is 4.88 Å². The van der Waals surface area contributed by atoms with Crippen molar-refractivity contribution in [1.29, 1.82) is 0 Å². The molecular formula is C18H30ClN3OS2. The molecule has 0 radical (unpaired) electrons. The van der Waals surface area contributed by atoms with Crippen LogP contribution in [0.25, 0.3) is 0 Å². The molecule has 7 heteroatoms. The maximum Gasteiger partial charge on any atom is 0.184 e. The predicted molar refractivity (Wildman–Crippen MR) is 108 cm³/mol. The number of nitrogens with one attached hydrogen (secondary N) is 1. The summed E-state index contributed by atoms with van der Waals surface area (Å²) in [5, 5.41) is 0. The molecule has 1 spiro atoms. The Bertz CT molecular complexity index is 627. The van der Waals surface area contributed by atoms with E-state index in [9.17, 15) is 4.55 Å². The van der Waals surface area contributed by atoms with Gasteiger partial charge in [-0.2, -0.15) is 0 Å². The molecule has 0 saturated carbocycles. The number of halogens is 1. The number of nitrogens with zero attached hydrogens (tertiary/aromatic N) is 2. The minimum Gasteiger partial charge on any atom is -0.598 e. The van der Waals surface area contributed by atoms with E-state index in [0.717, 1.165) is 38.0 Å². The highest BCUT2D eigenvalue weighted by Crippen LogP contribution is 2.55. The van der Waals surface area contributed by atoms with Gasteiger partial charge in [0.25, 0.3) is 0 Å². The van der Waals surface area contributed by atoms with Crippen molar-refractivity contribution in [1.82, 2.24) is 14.6 Å². The van der Waals surface area contributed by atoms with Crippen molar-refractivity contribution < 1.29 is 4.55 Å². The first-order chi connectivity index (χ1) is 11.4. The van der Waals surface area contributed by atoms with Crippen molar-refractivity contribution in [3.05, 3.63) is 15.0 Å². The molecular weight excluding hydrogens is 374 g/mol. The van der Waals surface area contributed by atoms with Gasteiger partial charge in [0.2, 0.25) is 0 Å². The molecule has 1 aromatic heterocycles. The Morgan fingerprint density at radius 2 is 1.84 bits per heavy atom. The summed E-state index contributed by atoms with van der Waals surface area (Å²) in [6.45, 7) is 15.0. The molecule has 1 aliphatic heterocycles. The zero-order chi connectivity index (χ0) is 18.6. The number of aromatic nitrogens is 1. The molecule has 4 nitrogen and oxygen atoms in total. The summed E-state index contributed by atoms with van der Waals surface area (Å²) >= 11 is 6.62. The minimum atomic E-state index is -1.11. The fraction of sp³-hybridized carbons (Fsp3) is 0.833. The molecule has 0 bridgehead atoms. The van der Waals surface area contributed by atoms with Gasteiger partial charge in [0, 0.05) is 22.3 Å². The summed E-state index contributed by atoms with van der Waals surface area (Å²) in [5.74, 6) is 0. The minimum absolute atomic E-state index is 0.0923. The standard InChI is InChI=1S/C18H30ClN3OS2/c1-16(2,3)22-9-7-18(8-10-22)11-12-13(24-15(19)20-12)14(18)21-25(23)17(4,5)6/h14,21H,7-11H2,1-6H3/t14-,25?/m1/s1. The third-order valence-electron chi connectivity index (χ3n) is 5.58. The fourth-order valence-electron chi connectivity index (χ4n) is 3.95. The number of likely N-dealkylation sites (tertiary alicyclic amines) is 1. The van der Waals surface area contributed by atoms with Gasteiger partial charge in [0.05, 0.1) is 16.6 Å². The molecule has 1 aromatic rings. The largest absolute Gasteiger partial charge is 0.598 e. The van der Waals surface area contributed by atoms with Gasteiger partial charge in [-0.05, 0) is 73.9 Å². The first-order valence-electron chi connectivity index (χ1n) is 9.01. The van der Waals surface area contributed by atoms with Crippen LogP contribution in [0.3, 0.4) is 0 Å². The lowest BCUT2D eigenvalue weighted by Crippen LogP contribution is -2.53. The Morgan fingerprint density at radius 3 is 2.36 bits per heavy atom. The lowest BCUT2D eigenvalue weighted by Gasteiger charge is -2.47. The van der Waals surface area contributed by atoms with Gasteiger partial charge in [0.15, 0.2) is 4.47 Å². The molecule has 1 unspecified atom stereocenters. The smallest absolute Gasteiger partial charge is 0.184 e. The Morgan fingerprint density at radius 1 is 1.24 bits per heavy atom. The van der Waals surface area contributed by atoms with Crippen molar-refractivity contribution in [2.45, 2.75) is 77.1 Å². The van der Waals surface area contributed by atoms with Crippen LogP contribution in [0.4, 0.5) is 0 Å². The molecule has 3 rings (SSSR count). The predicted octanol–water partition coefficient (Wildman–Crippen LogP) is 4.33. The van der Waals surface area contributed by atoms with Crippen LogP contribution in [0.2, 0.25) is 4.47 Å². The molecule has 1 N–H and O–H groups in total. The van der Waals surface area contributed by atoms with Crippen molar-refractivity contribution in [2.24, 2.45) is 5.41 Å². The second-order valence-electron chi connectivity index (χ2n) is 9.41. The van der Waals surface area contributed by atoms with E-state index in [1.807, 2.05) is 20.8 Å². The lowest BCUT2D eigenvalue weighted by atomic mass is 9.73. The van der Waals surface area contributed by atoms with E-state index < -0.39 is 11.4 Å². The van der Waals surface area contributed by atoms with Crippen LogP contribution in [-0.2, 0) is 17.8 Å². The van der Waals surface area contributed by atoms with Gasteiger partial charge in [-0.15, -0.1) is 16.1 Å². The van der Waals surface area contributed by atoms with E-state index >= 15 is 0 Å². The van der Waals surface area contributed by atoms with Crippen molar-refractivity contribution in [3.63, 3.8) is 0 Å². The van der Waals surface area contributed by atoms with Gasteiger partial charge < -0.3 is 4.55 Å². The van der Waals surface area contributed by atoms with Crippen molar-refractivity contribution in [3.8, 4) is 0 Å². The SMILES string of the molecule is CC(C)(C)N1CCC2(CC1)Cc1nc(Cl)sc1[C@H]2N[S+]([O-])C(C)(C)C. The average molecular weight is 404 g/mol. The second kappa shape index (κ2) is 6.64. The van der Waals surface area contributed by atoms with Crippen molar-refractivity contribution >= 4 is 34.3 Å². The maximum atomic E-state index is 12.8. The molecule has 1 saturated heterocycles. The highest BCUT2D eigenvalue weighted by Gasteiger charge is 2.52. The summed E-state index contributed by atoms with van der Waals surface area (Å²) in [5.41, 5.74) is 1.42. The number of fused-ring (bicyclic) bond motifs is 1. The summed E-state index contributed by atoms with van der Waals surface area (Å²) in [6, 6.07) is 0.0923. The molecule has 1 fully saturated rings. The van der Waals surface area contributed by atoms with Gasteiger partial charge in [-0.1, -0.05) is 11.6 Å². The van der Waals surface area contributed by atoms with Gasteiger partial charge in [0.1, 0.15) is 4.75 Å². The van der Waals surface area contributed by atoms with Crippen LogP contribution < -0.4 is 4.72 Å². The number of hydrogen-bond donors (Lipinski definition) is 1. The van der Waals surface area contributed by atoms with Crippen LogP contribution in [0.1, 0.15) is 71.0 Å². The molecule has 2 aliphatic rings. The molecule has 0 amide bonds. The number of piperidine rings is 1.